The van der Waals surface area contributed by atoms with Gasteiger partial charge in [-0.25, -0.2) is 9.97 Å². The molecule has 3 aliphatic heterocycles. The SMILES string of the molecule is Cc1nc([C@@H]2C[C@H]2c2ccc(C(=O)N3CCN4CCC3CC4)cc2Cl)c2ccsc2n1. The van der Waals surface area contributed by atoms with Gasteiger partial charge in [0.1, 0.15) is 10.7 Å². The molecule has 4 fully saturated rings. The zero-order chi connectivity index (χ0) is 21.1. The molecule has 2 aromatic heterocycles. The number of thiophene rings is 1. The number of hydrogen-bond donors (Lipinski definition) is 0. The highest BCUT2D eigenvalue weighted by Crippen LogP contribution is 2.57. The molecule has 1 aliphatic carbocycles. The summed E-state index contributed by atoms with van der Waals surface area (Å²) >= 11 is 8.39. The summed E-state index contributed by atoms with van der Waals surface area (Å²) < 4.78 is 0. The number of fused-ring (bicyclic) bond motifs is 5. The van der Waals surface area contributed by atoms with Gasteiger partial charge in [0, 0.05) is 54.1 Å². The summed E-state index contributed by atoms with van der Waals surface area (Å²) in [4.78, 5) is 28.2. The van der Waals surface area contributed by atoms with Gasteiger partial charge in [0.05, 0.1) is 5.69 Å². The van der Waals surface area contributed by atoms with Gasteiger partial charge in [0.2, 0.25) is 0 Å². The van der Waals surface area contributed by atoms with Gasteiger partial charge in [-0.1, -0.05) is 17.7 Å². The number of aryl methyl sites for hydroxylation is 1. The number of carbonyl (C=O) groups excluding carboxylic acids is 1. The van der Waals surface area contributed by atoms with Gasteiger partial charge in [-0.3, -0.25) is 4.79 Å². The van der Waals surface area contributed by atoms with Crippen LogP contribution in [-0.2, 0) is 0 Å². The van der Waals surface area contributed by atoms with Crippen LogP contribution in [0.15, 0.2) is 29.6 Å². The summed E-state index contributed by atoms with van der Waals surface area (Å²) in [5.41, 5.74) is 2.98. The minimum atomic E-state index is 0.126. The van der Waals surface area contributed by atoms with Gasteiger partial charge >= 0.3 is 0 Å². The van der Waals surface area contributed by atoms with Crippen molar-refractivity contribution in [3.05, 3.63) is 57.3 Å². The van der Waals surface area contributed by atoms with Gasteiger partial charge in [0.15, 0.2) is 0 Å². The molecule has 4 aliphatic rings. The molecule has 3 saturated heterocycles. The Labute approximate surface area is 191 Å². The largest absolute Gasteiger partial charge is 0.334 e. The lowest BCUT2D eigenvalue weighted by atomic mass is 10.0. The van der Waals surface area contributed by atoms with Crippen molar-refractivity contribution in [2.45, 2.75) is 44.1 Å². The fourth-order valence-corrected chi connectivity index (χ4v) is 6.53. The van der Waals surface area contributed by atoms with Crippen LogP contribution in [-0.4, -0.2) is 57.9 Å². The summed E-state index contributed by atoms with van der Waals surface area (Å²) in [5, 5.41) is 3.95. The van der Waals surface area contributed by atoms with Crippen LogP contribution in [0.4, 0.5) is 0 Å². The third-order valence-corrected chi connectivity index (χ3v) is 8.30. The second kappa shape index (κ2) is 7.54. The van der Waals surface area contributed by atoms with Gasteiger partial charge in [-0.05, 0) is 61.2 Å². The van der Waals surface area contributed by atoms with Gasteiger partial charge in [-0.2, -0.15) is 0 Å². The van der Waals surface area contributed by atoms with E-state index in [0.29, 0.717) is 28.5 Å². The van der Waals surface area contributed by atoms with E-state index in [-0.39, 0.29) is 5.91 Å². The molecule has 1 saturated carbocycles. The number of aromatic nitrogens is 2. The molecule has 7 rings (SSSR count). The average molecular weight is 453 g/mol. The predicted octanol–water partition coefficient (Wildman–Crippen LogP) is 4.84. The smallest absolute Gasteiger partial charge is 0.254 e. The Bertz CT molecular complexity index is 1170. The second-order valence-electron chi connectivity index (χ2n) is 9.05. The zero-order valence-corrected chi connectivity index (χ0v) is 19.1. The monoisotopic (exact) mass is 452 g/mol. The molecular formula is C24H25ClN4OS. The van der Waals surface area contributed by atoms with Gasteiger partial charge in [0.25, 0.3) is 5.91 Å². The normalized spacial score (nSPS) is 27.5. The van der Waals surface area contributed by atoms with Crippen molar-refractivity contribution in [2.75, 3.05) is 26.2 Å². The molecule has 1 aromatic carbocycles. The third kappa shape index (κ3) is 3.45. The summed E-state index contributed by atoms with van der Waals surface area (Å²) in [7, 11) is 0. The van der Waals surface area contributed by atoms with E-state index in [2.05, 4.69) is 32.3 Å². The van der Waals surface area contributed by atoms with Crippen molar-refractivity contribution in [1.82, 2.24) is 19.8 Å². The van der Waals surface area contributed by atoms with Gasteiger partial charge < -0.3 is 9.80 Å². The van der Waals surface area contributed by atoms with Crippen LogP contribution >= 0.6 is 22.9 Å². The number of halogens is 1. The van der Waals surface area contributed by atoms with E-state index in [4.69, 9.17) is 16.6 Å². The fourth-order valence-electron chi connectivity index (χ4n) is 5.39. The molecule has 7 heteroatoms. The van der Waals surface area contributed by atoms with E-state index >= 15 is 0 Å². The lowest BCUT2D eigenvalue weighted by Crippen LogP contribution is -2.41. The van der Waals surface area contributed by atoms with E-state index in [9.17, 15) is 4.79 Å². The Balaban J connectivity index is 1.24. The van der Waals surface area contributed by atoms with E-state index in [1.165, 1.54) is 0 Å². The van der Waals surface area contributed by atoms with E-state index in [1.54, 1.807) is 11.3 Å². The number of rotatable bonds is 3. The molecule has 5 heterocycles. The first-order chi connectivity index (χ1) is 15.1. The molecule has 0 radical (unpaired) electrons. The predicted molar refractivity (Wildman–Crippen MR) is 124 cm³/mol. The molecule has 2 bridgehead atoms. The summed E-state index contributed by atoms with van der Waals surface area (Å²) in [6.45, 7) is 5.97. The molecule has 1 amide bonds. The Morgan fingerprint density at radius 2 is 1.94 bits per heavy atom. The highest BCUT2D eigenvalue weighted by Gasteiger charge is 2.43. The Morgan fingerprint density at radius 3 is 2.74 bits per heavy atom. The fraction of sp³-hybridized carbons (Fsp3) is 0.458. The van der Waals surface area contributed by atoms with Crippen LogP contribution in [0, 0.1) is 6.92 Å². The molecule has 0 spiro atoms. The molecule has 2 atom stereocenters. The summed E-state index contributed by atoms with van der Waals surface area (Å²) in [5.74, 6) is 1.68. The van der Waals surface area contributed by atoms with E-state index in [1.807, 2.05) is 19.1 Å². The minimum Gasteiger partial charge on any atom is -0.334 e. The molecule has 3 aromatic rings. The first-order valence-electron chi connectivity index (χ1n) is 11.1. The van der Waals surface area contributed by atoms with Crippen LogP contribution in [0.2, 0.25) is 5.02 Å². The molecule has 0 N–H and O–H groups in total. The van der Waals surface area contributed by atoms with Crippen LogP contribution in [0.5, 0.6) is 0 Å². The van der Waals surface area contributed by atoms with Crippen molar-refractivity contribution in [3.63, 3.8) is 0 Å². The highest BCUT2D eigenvalue weighted by molar-refractivity contribution is 7.16. The topological polar surface area (TPSA) is 49.3 Å². The summed E-state index contributed by atoms with van der Waals surface area (Å²) in [6.07, 6.45) is 3.20. The maximum atomic E-state index is 13.3. The third-order valence-electron chi connectivity index (χ3n) is 7.17. The number of piperidine rings is 1. The van der Waals surface area contributed by atoms with Crippen LogP contribution < -0.4 is 0 Å². The van der Waals surface area contributed by atoms with Gasteiger partial charge in [-0.15, -0.1) is 11.3 Å². The van der Waals surface area contributed by atoms with Crippen molar-refractivity contribution in [2.24, 2.45) is 0 Å². The van der Waals surface area contributed by atoms with Crippen molar-refractivity contribution in [1.29, 1.82) is 0 Å². The molecule has 160 valence electrons. The summed E-state index contributed by atoms with van der Waals surface area (Å²) in [6, 6.07) is 8.42. The number of nitrogens with zero attached hydrogens (tertiary/aromatic N) is 4. The minimum absolute atomic E-state index is 0.126. The maximum absolute atomic E-state index is 13.3. The lowest BCUT2D eigenvalue weighted by Gasteiger charge is -2.31. The first-order valence-corrected chi connectivity index (χ1v) is 12.4. The second-order valence-corrected chi connectivity index (χ2v) is 10.4. The molecule has 0 unspecified atom stereocenters. The molecule has 31 heavy (non-hydrogen) atoms. The quantitative estimate of drug-likeness (QED) is 0.570. The number of amides is 1. The molecular weight excluding hydrogens is 428 g/mol. The highest BCUT2D eigenvalue weighted by atomic mass is 35.5. The van der Waals surface area contributed by atoms with Crippen LogP contribution in [0.3, 0.4) is 0 Å². The average Bonchev–Trinajstić information content (AvgIpc) is 3.50. The standard InChI is InChI=1S/C24H25ClN4OS/c1-14-26-22(18-6-11-31-23(18)27-14)20-13-19(20)17-3-2-15(12-21(17)25)24(30)29-10-9-28-7-4-16(29)5-8-28/h2-3,6,11-12,16,19-20H,4-5,7-10,13H2,1H3/t19-,20+/m0/s1. The Hall–Kier alpha value is -2.02. The lowest BCUT2D eigenvalue weighted by molar-refractivity contribution is 0.0685. The van der Waals surface area contributed by atoms with Crippen molar-refractivity contribution in [3.8, 4) is 0 Å². The number of benzene rings is 1. The van der Waals surface area contributed by atoms with Crippen LogP contribution in [0.1, 0.15) is 58.5 Å². The Kier molecular flexibility index (Phi) is 4.78. The first kappa shape index (κ1) is 19.6. The maximum Gasteiger partial charge on any atom is 0.254 e. The van der Waals surface area contributed by atoms with Crippen molar-refractivity contribution >= 4 is 39.1 Å². The van der Waals surface area contributed by atoms with Crippen LogP contribution in [0.25, 0.3) is 10.2 Å². The van der Waals surface area contributed by atoms with E-state index < -0.39 is 0 Å². The molecule has 5 nitrogen and oxygen atoms in total. The number of hydrogen-bond acceptors (Lipinski definition) is 5. The van der Waals surface area contributed by atoms with E-state index in [0.717, 1.165) is 72.7 Å². The van der Waals surface area contributed by atoms with Crippen molar-refractivity contribution < 1.29 is 4.79 Å². The zero-order valence-electron chi connectivity index (χ0n) is 17.6. The number of carbonyl (C=O) groups is 1. The Morgan fingerprint density at radius 1 is 1.10 bits per heavy atom.